The van der Waals surface area contributed by atoms with E-state index in [0.717, 1.165) is 37.4 Å². The van der Waals surface area contributed by atoms with E-state index >= 15 is 0 Å². The largest absolute Gasteiger partial charge is 0.466 e. The van der Waals surface area contributed by atoms with Crippen molar-refractivity contribution in [3.05, 3.63) is 60.2 Å². The van der Waals surface area contributed by atoms with Crippen molar-refractivity contribution in [3.8, 4) is 11.5 Å². The van der Waals surface area contributed by atoms with Crippen LogP contribution < -0.4 is 4.74 Å². The van der Waals surface area contributed by atoms with Crippen LogP contribution in [0.1, 0.15) is 37.7 Å². The summed E-state index contributed by atoms with van der Waals surface area (Å²) in [5.41, 5.74) is 1.34. The predicted molar refractivity (Wildman–Crippen MR) is 107 cm³/mol. The average Bonchev–Trinajstić information content (AvgIpc) is 3.44. The van der Waals surface area contributed by atoms with Gasteiger partial charge < -0.3 is 14.2 Å². The number of carbonyl (C=O) groups is 1. The zero-order valence-electron chi connectivity index (χ0n) is 16.4. The van der Waals surface area contributed by atoms with E-state index in [1.807, 2.05) is 43.3 Å². The Labute approximate surface area is 166 Å². The van der Waals surface area contributed by atoms with Gasteiger partial charge in [0.25, 0.3) is 0 Å². The maximum atomic E-state index is 11.6. The summed E-state index contributed by atoms with van der Waals surface area (Å²) >= 11 is 0. The van der Waals surface area contributed by atoms with Crippen LogP contribution in [0.2, 0.25) is 0 Å². The molecule has 4 nitrogen and oxygen atoms in total. The summed E-state index contributed by atoms with van der Waals surface area (Å²) in [6, 6.07) is 18.3. The second-order valence-electron chi connectivity index (χ2n) is 7.91. The zero-order valence-corrected chi connectivity index (χ0v) is 16.4. The van der Waals surface area contributed by atoms with E-state index in [-0.39, 0.29) is 11.9 Å². The van der Waals surface area contributed by atoms with Gasteiger partial charge in [-0.2, -0.15) is 0 Å². The molecule has 0 unspecified atom stereocenters. The summed E-state index contributed by atoms with van der Waals surface area (Å²) in [7, 11) is 0. The average molecular weight is 380 g/mol. The van der Waals surface area contributed by atoms with Crippen LogP contribution in [-0.4, -0.2) is 25.8 Å². The highest BCUT2D eigenvalue weighted by atomic mass is 16.5. The van der Waals surface area contributed by atoms with Crippen LogP contribution >= 0.6 is 0 Å². The molecule has 4 rings (SSSR count). The zero-order chi connectivity index (χ0) is 19.3. The van der Waals surface area contributed by atoms with E-state index in [2.05, 4.69) is 18.2 Å². The fourth-order valence-electron chi connectivity index (χ4n) is 3.96. The van der Waals surface area contributed by atoms with E-state index in [4.69, 9.17) is 14.2 Å². The molecule has 2 aliphatic carbocycles. The van der Waals surface area contributed by atoms with Crippen molar-refractivity contribution in [2.45, 2.75) is 32.1 Å². The van der Waals surface area contributed by atoms with Gasteiger partial charge in [-0.05, 0) is 73.8 Å². The minimum absolute atomic E-state index is 0.0580. The number of para-hydroxylation sites is 1. The Morgan fingerprint density at radius 1 is 0.964 bits per heavy atom. The maximum absolute atomic E-state index is 11.6. The van der Waals surface area contributed by atoms with Crippen LogP contribution in [0.25, 0.3) is 0 Å². The van der Waals surface area contributed by atoms with Crippen LogP contribution in [0.5, 0.6) is 11.5 Å². The molecule has 0 amide bonds. The van der Waals surface area contributed by atoms with E-state index in [0.29, 0.717) is 31.0 Å². The number of hydrogen-bond acceptors (Lipinski definition) is 4. The summed E-state index contributed by atoms with van der Waals surface area (Å²) in [4.78, 5) is 11.6. The summed E-state index contributed by atoms with van der Waals surface area (Å²) in [6.07, 6.45) is 3.22. The van der Waals surface area contributed by atoms with E-state index in [1.165, 1.54) is 5.56 Å². The van der Waals surface area contributed by atoms with E-state index < -0.39 is 0 Å². The van der Waals surface area contributed by atoms with Crippen molar-refractivity contribution in [1.29, 1.82) is 0 Å². The molecule has 2 aliphatic rings. The normalized spacial score (nSPS) is 25.6. The number of carbonyl (C=O) groups excluding carboxylic acids is 1. The Kier molecular flexibility index (Phi) is 5.96. The quantitative estimate of drug-likeness (QED) is 0.562. The molecule has 2 fully saturated rings. The molecule has 2 aromatic rings. The third-order valence-electron chi connectivity index (χ3n) is 5.74. The van der Waals surface area contributed by atoms with Crippen molar-refractivity contribution in [2.24, 2.45) is 17.8 Å². The van der Waals surface area contributed by atoms with Gasteiger partial charge in [-0.15, -0.1) is 0 Å². The van der Waals surface area contributed by atoms with E-state index in [1.54, 1.807) is 0 Å². The Hall–Kier alpha value is -2.33. The maximum Gasteiger partial charge on any atom is 0.309 e. The van der Waals surface area contributed by atoms with Crippen molar-refractivity contribution in [1.82, 2.24) is 0 Å². The van der Waals surface area contributed by atoms with Crippen LogP contribution in [0.3, 0.4) is 0 Å². The Morgan fingerprint density at radius 2 is 1.75 bits per heavy atom. The topological polar surface area (TPSA) is 44.8 Å². The predicted octanol–water partition coefficient (Wildman–Crippen LogP) is 5.19. The van der Waals surface area contributed by atoms with Gasteiger partial charge >= 0.3 is 5.97 Å². The summed E-state index contributed by atoms with van der Waals surface area (Å²) < 4.78 is 16.9. The van der Waals surface area contributed by atoms with Gasteiger partial charge in [0.1, 0.15) is 11.5 Å². The van der Waals surface area contributed by atoms with Crippen molar-refractivity contribution in [3.63, 3.8) is 0 Å². The van der Waals surface area contributed by atoms with Gasteiger partial charge in [-0.1, -0.05) is 30.3 Å². The summed E-state index contributed by atoms with van der Waals surface area (Å²) in [6.45, 7) is 3.79. The minimum atomic E-state index is -0.0580. The Morgan fingerprint density at radius 3 is 2.54 bits per heavy atom. The molecular weight excluding hydrogens is 352 g/mol. The molecule has 0 saturated heterocycles. The van der Waals surface area contributed by atoms with Crippen LogP contribution in [0.15, 0.2) is 54.6 Å². The molecule has 4 heteroatoms. The molecule has 0 radical (unpaired) electrons. The number of hydrogen-bond donors (Lipinski definition) is 0. The first kappa shape index (κ1) is 19.0. The Balaban J connectivity index is 1.18. The van der Waals surface area contributed by atoms with Gasteiger partial charge in [-0.3, -0.25) is 4.79 Å². The SMILES string of the molecule is CCOC(=O)[C@H]1C[C@@H]1COCC1CC(c2cccc(Oc3ccccc3)c2)C1. The molecule has 0 aromatic heterocycles. The van der Waals surface area contributed by atoms with E-state index in [9.17, 15) is 4.79 Å². The lowest BCUT2D eigenvalue weighted by atomic mass is 9.72. The van der Waals surface area contributed by atoms with Gasteiger partial charge in [0, 0.05) is 6.61 Å². The third kappa shape index (κ3) is 4.74. The first-order valence-electron chi connectivity index (χ1n) is 10.3. The van der Waals surface area contributed by atoms with Gasteiger partial charge in [0.15, 0.2) is 0 Å². The molecular formula is C24H28O4. The smallest absolute Gasteiger partial charge is 0.309 e. The highest BCUT2D eigenvalue weighted by molar-refractivity contribution is 5.75. The second-order valence-corrected chi connectivity index (χ2v) is 7.91. The number of benzene rings is 2. The highest BCUT2D eigenvalue weighted by Gasteiger charge is 2.44. The van der Waals surface area contributed by atoms with Gasteiger partial charge in [-0.25, -0.2) is 0 Å². The highest BCUT2D eigenvalue weighted by Crippen LogP contribution is 2.44. The minimum Gasteiger partial charge on any atom is -0.466 e. The molecule has 2 saturated carbocycles. The van der Waals surface area contributed by atoms with Gasteiger partial charge in [0.2, 0.25) is 0 Å². The molecule has 28 heavy (non-hydrogen) atoms. The summed E-state index contributed by atoms with van der Waals surface area (Å²) in [5, 5.41) is 0. The van der Waals surface area contributed by atoms with Crippen molar-refractivity contribution >= 4 is 5.97 Å². The standard InChI is InChI=1S/C24H28O4/c1-2-27-24(25)23-14-20(23)16-26-15-17-11-19(12-17)18-7-6-10-22(13-18)28-21-8-4-3-5-9-21/h3-10,13,17,19-20,23H,2,11-12,14-16H2,1H3/t17?,19?,20-,23+/m1/s1. The lowest BCUT2D eigenvalue weighted by Crippen LogP contribution is -2.26. The molecule has 0 N–H and O–H groups in total. The molecule has 0 heterocycles. The molecule has 2 atom stereocenters. The molecule has 0 bridgehead atoms. The fraction of sp³-hybridized carbons (Fsp3) is 0.458. The van der Waals surface area contributed by atoms with Crippen molar-refractivity contribution in [2.75, 3.05) is 19.8 Å². The monoisotopic (exact) mass is 380 g/mol. The first-order chi connectivity index (χ1) is 13.7. The Bertz CT molecular complexity index is 782. The molecule has 148 valence electrons. The lowest BCUT2D eigenvalue weighted by Gasteiger charge is -2.35. The van der Waals surface area contributed by atoms with Crippen molar-refractivity contribution < 1.29 is 19.0 Å². The third-order valence-corrected chi connectivity index (χ3v) is 5.74. The molecule has 0 aliphatic heterocycles. The fourth-order valence-corrected chi connectivity index (χ4v) is 3.96. The number of esters is 1. The number of ether oxygens (including phenoxy) is 3. The molecule has 0 spiro atoms. The lowest BCUT2D eigenvalue weighted by molar-refractivity contribution is -0.145. The summed E-state index contributed by atoms with van der Waals surface area (Å²) in [5.74, 6) is 3.33. The molecule has 2 aromatic carbocycles. The van der Waals surface area contributed by atoms with Crippen LogP contribution in [-0.2, 0) is 14.3 Å². The number of rotatable bonds is 9. The van der Waals surface area contributed by atoms with Crippen LogP contribution in [0.4, 0.5) is 0 Å². The first-order valence-corrected chi connectivity index (χ1v) is 10.3. The van der Waals surface area contributed by atoms with Gasteiger partial charge in [0.05, 0.1) is 19.1 Å². The van der Waals surface area contributed by atoms with Crippen LogP contribution in [0, 0.1) is 17.8 Å². The second kappa shape index (κ2) is 8.78.